The molecule has 19 heavy (non-hydrogen) atoms. The molecule has 0 aromatic heterocycles. The monoisotopic (exact) mass is 261 g/mol. The molecule has 1 heterocycles. The largest absolute Gasteiger partial charge is 0.466 e. The summed E-state index contributed by atoms with van der Waals surface area (Å²) in [6, 6.07) is 10.7. The van der Waals surface area contributed by atoms with Crippen molar-refractivity contribution in [3.63, 3.8) is 0 Å². The number of ether oxygens (including phenoxy) is 1. The van der Waals surface area contributed by atoms with Gasteiger partial charge < -0.3 is 9.64 Å². The second-order valence-corrected chi connectivity index (χ2v) is 5.08. The van der Waals surface area contributed by atoms with Gasteiger partial charge in [0, 0.05) is 6.54 Å². The molecule has 0 amide bonds. The quantitative estimate of drug-likeness (QED) is 0.763. The number of hydrogen-bond donors (Lipinski definition) is 0. The van der Waals surface area contributed by atoms with Crippen LogP contribution >= 0.6 is 0 Å². The lowest BCUT2D eigenvalue weighted by Gasteiger charge is -2.31. The molecular weight excluding hydrogens is 238 g/mol. The van der Waals surface area contributed by atoms with E-state index in [1.54, 1.807) is 0 Å². The third kappa shape index (κ3) is 4.35. The van der Waals surface area contributed by atoms with Crippen molar-refractivity contribution < 1.29 is 9.53 Å². The first-order valence-electron chi connectivity index (χ1n) is 7.22. The molecule has 0 aliphatic carbocycles. The number of piperidine rings is 1. The van der Waals surface area contributed by atoms with Gasteiger partial charge in [0.05, 0.1) is 13.0 Å². The van der Waals surface area contributed by atoms with Gasteiger partial charge in [0.25, 0.3) is 0 Å². The maximum atomic E-state index is 11.3. The predicted molar refractivity (Wildman–Crippen MR) is 76.1 cm³/mol. The summed E-state index contributed by atoms with van der Waals surface area (Å²) < 4.78 is 4.96. The Morgan fingerprint density at radius 2 is 1.95 bits per heavy atom. The van der Waals surface area contributed by atoms with Crippen LogP contribution in [0.2, 0.25) is 0 Å². The number of esters is 1. The molecule has 0 spiro atoms. The molecule has 3 nitrogen and oxygen atoms in total. The highest BCUT2D eigenvalue weighted by molar-refractivity contribution is 5.69. The number of hydrogen-bond acceptors (Lipinski definition) is 3. The Kier molecular flexibility index (Phi) is 5.40. The van der Waals surface area contributed by atoms with Crippen LogP contribution in [0.4, 0.5) is 0 Å². The van der Waals surface area contributed by atoms with Crippen LogP contribution in [-0.2, 0) is 9.53 Å². The van der Waals surface area contributed by atoms with E-state index in [4.69, 9.17) is 4.74 Å². The molecule has 1 aliphatic rings. The average Bonchev–Trinajstić information content (AvgIpc) is 2.47. The highest BCUT2D eigenvalue weighted by Crippen LogP contribution is 2.27. The Labute approximate surface area is 115 Å². The zero-order valence-corrected chi connectivity index (χ0v) is 11.7. The molecule has 1 aliphatic heterocycles. The normalized spacial score (nSPS) is 17.3. The van der Waals surface area contributed by atoms with E-state index in [2.05, 4.69) is 35.2 Å². The fraction of sp³-hybridized carbons (Fsp3) is 0.562. The molecule has 0 saturated carbocycles. The van der Waals surface area contributed by atoms with E-state index in [1.165, 1.54) is 18.4 Å². The lowest BCUT2D eigenvalue weighted by atomic mass is 9.89. The minimum Gasteiger partial charge on any atom is -0.466 e. The number of rotatable bonds is 5. The molecule has 1 aromatic carbocycles. The summed E-state index contributed by atoms with van der Waals surface area (Å²) in [6.45, 7) is 5.33. The van der Waals surface area contributed by atoms with Gasteiger partial charge in [-0.15, -0.1) is 0 Å². The van der Waals surface area contributed by atoms with Crippen LogP contribution in [0.15, 0.2) is 30.3 Å². The van der Waals surface area contributed by atoms with Crippen LogP contribution in [0.1, 0.15) is 37.7 Å². The summed E-state index contributed by atoms with van der Waals surface area (Å²) >= 11 is 0. The van der Waals surface area contributed by atoms with Crippen molar-refractivity contribution in [2.24, 2.45) is 0 Å². The molecule has 3 heteroatoms. The standard InChI is InChI=1S/C16H23NO2/c1-2-19-16(18)10-13-17-11-8-15(9-12-17)14-6-4-3-5-7-14/h3-7,15H,2,8-13H2,1H3. The maximum absolute atomic E-state index is 11.3. The topological polar surface area (TPSA) is 29.5 Å². The van der Waals surface area contributed by atoms with E-state index in [0.29, 0.717) is 18.9 Å². The molecule has 0 atom stereocenters. The summed E-state index contributed by atoms with van der Waals surface area (Å²) in [7, 11) is 0. The minimum atomic E-state index is -0.0762. The zero-order valence-electron chi connectivity index (χ0n) is 11.7. The van der Waals surface area contributed by atoms with Crippen LogP contribution in [0.5, 0.6) is 0 Å². The van der Waals surface area contributed by atoms with Gasteiger partial charge >= 0.3 is 5.97 Å². The van der Waals surface area contributed by atoms with E-state index in [1.807, 2.05) is 6.92 Å². The Bertz CT molecular complexity index is 383. The molecular formula is C16H23NO2. The summed E-state index contributed by atoms with van der Waals surface area (Å²) in [5.74, 6) is 0.604. The number of likely N-dealkylation sites (tertiary alicyclic amines) is 1. The average molecular weight is 261 g/mol. The van der Waals surface area contributed by atoms with Gasteiger partial charge in [0.1, 0.15) is 0 Å². The number of carbonyl (C=O) groups is 1. The minimum absolute atomic E-state index is 0.0762. The molecule has 0 radical (unpaired) electrons. The van der Waals surface area contributed by atoms with Crippen LogP contribution in [0, 0.1) is 0 Å². The van der Waals surface area contributed by atoms with E-state index < -0.39 is 0 Å². The van der Waals surface area contributed by atoms with Crippen molar-refractivity contribution in [2.45, 2.75) is 32.1 Å². The molecule has 0 N–H and O–H groups in total. The van der Waals surface area contributed by atoms with Gasteiger partial charge in [-0.2, -0.15) is 0 Å². The van der Waals surface area contributed by atoms with Gasteiger partial charge in [-0.3, -0.25) is 4.79 Å². The van der Waals surface area contributed by atoms with E-state index >= 15 is 0 Å². The highest BCUT2D eigenvalue weighted by atomic mass is 16.5. The van der Waals surface area contributed by atoms with E-state index in [9.17, 15) is 4.79 Å². The fourth-order valence-electron chi connectivity index (χ4n) is 2.70. The van der Waals surface area contributed by atoms with Gasteiger partial charge in [0.2, 0.25) is 0 Å². The van der Waals surface area contributed by atoms with Crippen LogP contribution < -0.4 is 0 Å². The second kappa shape index (κ2) is 7.29. The lowest BCUT2D eigenvalue weighted by molar-refractivity contribution is -0.143. The predicted octanol–water partition coefficient (Wildman–Crippen LogP) is 2.82. The highest BCUT2D eigenvalue weighted by Gasteiger charge is 2.20. The van der Waals surface area contributed by atoms with Crippen molar-refractivity contribution in [3.05, 3.63) is 35.9 Å². The fourth-order valence-corrected chi connectivity index (χ4v) is 2.70. The first-order valence-corrected chi connectivity index (χ1v) is 7.22. The molecule has 1 aromatic rings. The second-order valence-electron chi connectivity index (χ2n) is 5.08. The van der Waals surface area contributed by atoms with Crippen molar-refractivity contribution in [1.82, 2.24) is 4.90 Å². The van der Waals surface area contributed by atoms with E-state index in [0.717, 1.165) is 19.6 Å². The van der Waals surface area contributed by atoms with Gasteiger partial charge in [-0.25, -0.2) is 0 Å². The third-order valence-electron chi connectivity index (χ3n) is 3.80. The molecule has 0 bridgehead atoms. The Hall–Kier alpha value is -1.35. The summed E-state index contributed by atoms with van der Waals surface area (Å²) in [6.07, 6.45) is 2.89. The van der Waals surface area contributed by atoms with Crippen molar-refractivity contribution in [2.75, 3.05) is 26.2 Å². The molecule has 104 valence electrons. The van der Waals surface area contributed by atoms with Crippen LogP contribution in [-0.4, -0.2) is 37.1 Å². The van der Waals surface area contributed by atoms with Crippen LogP contribution in [0.3, 0.4) is 0 Å². The van der Waals surface area contributed by atoms with Crippen molar-refractivity contribution in [1.29, 1.82) is 0 Å². The number of nitrogens with zero attached hydrogens (tertiary/aromatic N) is 1. The molecule has 1 fully saturated rings. The van der Waals surface area contributed by atoms with Gasteiger partial charge in [0.15, 0.2) is 0 Å². The number of carbonyl (C=O) groups excluding carboxylic acids is 1. The SMILES string of the molecule is CCOC(=O)CCN1CCC(c2ccccc2)CC1. The third-order valence-corrected chi connectivity index (χ3v) is 3.80. The summed E-state index contributed by atoms with van der Waals surface area (Å²) in [5, 5.41) is 0. The van der Waals surface area contributed by atoms with Gasteiger partial charge in [-0.05, 0) is 44.3 Å². The van der Waals surface area contributed by atoms with Gasteiger partial charge in [-0.1, -0.05) is 30.3 Å². The summed E-state index contributed by atoms with van der Waals surface area (Å²) in [5.41, 5.74) is 1.45. The Morgan fingerprint density at radius 3 is 2.58 bits per heavy atom. The molecule has 2 rings (SSSR count). The Morgan fingerprint density at radius 1 is 1.26 bits per heavy atom. The zero-order chi connectivity index (χ0) is 13.5. The number of benzene rings is 1. The first kappa shape index (κ1) is 14.1. The first-order chi connectivity index (χ1) is 9.29. The Balaban J connectivity index is 1.72. The maximum Gasteiger partial charge on any atom is 0.307 e. The van der Waals surface area contributed by atoms with Crippen molar-refractivity contribution >= 4 is 5.97 Å². The lowest BCUT2D eigenvalue weighted by Crippen LogP contribution is -2.34. The molecule has 0 unspecified atom stereocenters. The summed E-state index contributed by atoms with van der Waals surface area (Å²) in [4.78, 5) is 13.7. The van der Waals surface area contributed by atoms with Crippen LogP contribution in [0.25, 0.3) is 0 Å². The van der Waals surface area contributed by atoms with Crippen molar-refractivity contribution in [3.8, 4) is 0 Å². The molecule has 1 saturated heterocycles. The smallest absolute Gasteiger partial charge is 0.307 e. The van der Waals surface area contributed by atoms with E-state index in [-0.39, 0.29) is 5.97 Å².